The number of rotatable bonds is 46. The number of hydrogen-bond acceptors (Lipinski definition) is 7. The van der Waals surface area contributed by atoms with Gasteiger partial charge in [0.15, 0.2) is 0 Å². The van der Waals surface area contributed by atoms with E-state index in [4.69, 9.17) is 18.5 Å². The molecule has 0 aromatic heterocycles. The number of carbonyl (C=O) groups is 1. The summed E-state index contributed by atoms with van der Waals surface area (Å²) in [7, 11) is 1.33. The van der Waals surface area contributed by atoms with E-state index >= 15 is 0 Å². The molecule has 0 radical (unpaired) electrons. The molecule has 61 heavy (non-hydrogen) atoms. The summed E-state index contributed by atoms with van der Waals surface area (Å²) < 4.78 is 34.7. The third kappa shape index (κ3) is 49.1. The van der Waals surface area contributed by atoms with Crippen LogP contribution in [-0.4, -0.2) is 70.7 Å². The van der Waals surface area contributed by atoms with E-state index in [0.29, 0.717) is 17.6 Å². The number of carbonyl (C=O) groups excluding carboxylic acids is 1. The molecular weight excluding hydrogens is 782 g/mol. The largest absolute Gasteiger partial charge is 0.756 e. The summed E-state index contributed by atoms with van der Waals surface area (Å²) in [6.07, 6.45) is 56.7. The van der Waals surface area contributed by atoms with Crippen LogP contribution >= 0.6 is 7.82 Å². The number of unbranched alkanes of at least 4 members (excludes halogenated alkanes) is 22. The lowest BCUT2D eigenvalue weighted by atomic mass is 10.1. The quantitative estimate of drug-likeness (QED) is 0.0198. The molecule has 0 N–H and O–H groups in total. The van der Waals surface area contributed by atoms with Gasteiger partial charge in [-0.1, -0.05) is 184 Å². The van der Waals surface area contributed by atoms with Gasteiger partial charge >= 0.3 is 5.97 Å². The molecule has 0 rings (SSSR count). The topological polar surface area (TPSA) is 94.1 Å². The molecule has 8 nitrogen and oxygen atoms in total. The van der Waals surface area contributed by atoms with Crippen molar-refractivity contribution in [2.75, 3.05) is 54.1 Å². The average molecular weight is 878 g/mol. The van der Waals surface area contributed by atoms with Crippen molar-refractivity contribution in [2.24, 2.45) is 0 Å². The Morgan fingerprint density at radius 2 is 0.951 bits per heavy atom. The molecule has 0 fully saturated rings. The molecule has 0 aromatic rings. The van der Waals surface area contributed by atoms with Gasteiger partial charge in [-0.3, -0.25) is 9.36 Å². The molecule has 2 unspecified atom stereocenters. The molecule has 0 saturated carbocycles. The van der Waals surface area contributed by atoms with Gasteiger partial charge in [0.2, 0.25) is 0 Å². The first kappa shape index (κ1) is 59.2. The van der Waals surface area contributed by atoms with Crippen molar-refractivity contribution in [1.29, 1.82) is 0 Å². The molecule has 0 bridgehead atoms. The number of phosphoric ester groups is 1. The van der Waals surface area contributed by atoms with E-state index in [-0.39, 0.29) is 32.2 Å². The Morgan fingerprint density at radius 1 is 0.525 bits per heavy atom. The minimum Gasteiger partial charge on any atom is -0.756 e. The Balaban J connectivity index is 4.18. The zero-order valence-corrected chi connectivity index (χ0v) is 41.2. The predicted octanol–water partition coefficient (Wildman–Crippen LogP) is 14.6. The number of esters is 1. The van der Waals surface area contributed by atoms with Gasteiger partial charge in [-0.2, -0.15) is 0 Å². The molecule has 0 spiro atoms. The Hall–Kier alpha value is -1.80. The van der Waals surface area contributed by atoms with Gasteiger partial charge in [0.25, 0.3) is 7.82 Å². The second-order valence-electron chi connectivity index (χ2n) is 17.8. The number of quaternary nitrogens is 1. The lowest BCUT2D eigenvalue weighted by Crippen LogP contribution is -2.37. The van der Waals surface area contributed by atoms with Crippen molar-refractivity contribution in [3.05, 3.63) is 60.8 Å². The molecule has 0 aromatic carbocycles. The van der Waals surface area contributed by atoms with Gasteiger partial charge in [0.1, 0.15) is 19.3 Å². The average Bonchev–Trinajstić information content (AvgIpc) is 3.22. The van der Waals surface area contributed by atoms with Crippen molar-refractivity contribution in [3.63, 3.8) is 0 Å². The number of hydrogen-bond donors (Lipinski definition) is 0. The van der Waals surface area contributed by atoms with E-state index in [1.54, 1.807) is 0 Å². The number of likely N-dealkylation sites (N-methyl/N-ethyl adjacent to an activating group) is 1. The molecule has 2 atom stereocenters. The van der Waals surface area contributed by atoms with Crippen LogP contribution in [0.3, 0.4) is 0 Å². The fourth-order valence-corrected chi connectivity index (χ4v) is 7.44. The number of ether oxygens (including phenoxy) is 2. The monoisotopic (exact) mass is 878 g/mol. The van der Waals surface area contributed by atoms with Gasteiger partial charge in [0.05, 0.1) is 34.4 Å². The minimum atomic E-state index is -4.54. The van der Waals surface area contributed by atoms with Crippen molar-refractivity contribution in [3.8, 4) is 0 Å². The van der Waals surface area contributed by atoms with E-state index in [2.05, 4.69) is 74.6 Å². The molecular formula is C52H96NO7P. The van der Waals surface area contributed by atoms with Crippen LogP contribution in [0.5, 0.6) is 0 Å². The third-order valence-corrected chi connectivity index (χ3v) is 11.5. The summed E-state index contributed by atoms with van der Waals surface area (Å²) in [5.41, 5.74) is 0. The first-order valence-electron chi connectivity index (χ1n) is 25.0. The van der Waals surface area contributed by atoms with Crippen LogP contribution in [0.1, 0.15) is 206 Å². The lowest BCUT2D eigenvalue weighted by molar-refractivity contribution is -0.870. The van der Waals surface area contributed by atoms with Gasteiger partial charge < -0.3 is 27.9 Å². The van der Waals surface area contributed by atoms with E-state index in [9.17, 15) is 14.3 Å². The molecule has 0 aliphatic carbocycles. The van der Waals surface area contributed by atoms with Crippen LogP contribution in [0.2, 0.25) is 0 Å². The van der Waals surface area contributed by atoms with Crippen LogP contribution in [0.4, 0.5) is 0 Å². The second-order valence-corrected chi connectivity index (χ2v) is 19.2. The SMILES string of the molecule is CC/C=C\C/C=C\C/C=C\C/C=C\CCCCCCC(=O)OC(COCCCCCCCCCCCC/C=C\CCCCCCCCCC)COP(=O)([O-])OCC[N+](C)(C)C. The summed E-state index contributed by atoms with van der Waals surface area (Å²) in [6.45, 7) is 5.27. The highest BCUT2D eigenvalue weighted by molar-refractivity contribution is 7.45. The number of nitrogens with zero attached hydrogens (tertiary/aromatic N) is 1. The van der Waals surface area contributed by atoms with Crippen LogP contribution in [0.25, 0.3) is 0 Å². The maximum atomic E-state index is 12.7. The van der Waals surface area contributed by atoms with Crippen molar-refractivity contribution in [2.45, 2.75) is 213 Å². The van der Waals surface area contributed by atoms with Gasteiger partial charge in [-0.15, -0.1) is 0 Å². The van der Waals surface area contributed by atoms with Crippen LogP contribution in [0, 0.1) is 0 Å². The fraction of sp³-hybridized carbons (Fsp3) is 0.788. The van der Waals surface area contributed by atoms with Crippen molar-refractivity contribution in [1.82, 2.24) is 0 Å². The summed E-state index contributed by atoms with van der Waals surface area (Å²) in [5.74, 6) is -0.357. The molecule has 0 aliphatic heterocycles. The van der Waals surface area contributed by atoms with Gasteiger partial charge in [-0.25, -0.2) is 0 Å². The van der Waals surface area contributed by atoms with Crippen LogP contribution in [0.15, 0.2) is 60.8 Å². The van der Waals surface area contributed by atoms with E-state index in [1.165, 1.54) is 116 Å². The minimum absolute atomic E-state index is 0.0187. The van der Waals surface area contributed by atoms with E-state index < -0.39 is 13.9 Å². The maximum absolute atomic E-state index is 12.7. The zero-order valence-electron chi connectivity index (χ0n) is 40.4. The van der Waals surface area contributed by atoms with Crippen LogP contribution < -0.4 is 4.89 Å². The maximum Gasteiger partial charge on any atom is 0.306 e. The van der Waals surface area contributed by atoms with Gasteiger partial charge in [-0.05, 0) is 77.0 Å². The second kappa shape index (κ2) is 44.8. The highest BCUT2D eigenvalue weighted by Crippen LogP contribution is 2.38. The summed E-state index contributed by atoms with van der Waals surface area (Å²) in [5, 5.41) is 0. The van der Waals surface area contributed by atoms with Gasteiger partial charge in [0, 0.05) is 13.0 Å². The molecule has 356 valence electrons. The standard InChI is InChI=1S/C52H96NO7P/c1-6-8-10-12-14-16-18-20-22-24-25-26-27-28-30-32-34-36-38-40-42-44-47-57-49-51(50-59-61(55,56)58-48-46-53(3,4)5)60-52(54)45-43-41-39-37-35-33-31-29-23-21-19-17-15-13-11-9-7-2/h9,11,15,17,21,23-25,31,33,51H,6-8,10,12-14,16,18-20,22,26-30,32,34-50H2,1-5H3/b11-9-,17-15-,23-21-,25-24-,33-31-. The van der Waals surface area contributed by atoms with Crippen molar-refractivity contribution < 1.29 is 37.3 Å². The molecule has 0 saturated heterocycles. The third-order valence-electron chi connectivity index (χ3n) is 10.6. The summed E-state index contributed by atoms with van der Waals surface area (Å²) >= 11 is 0. The molecule has 0 amide bonds. The summed E-state index contributed by atoms with van der Waals surface area (Å²) in [4.78, 5) is 25.1. The Bertz CT molecular complexity index is 1160. The Labute approximate surface area is 377 Å². The highest BCUT2D eigenvalue weighted by atomic mass is 31.2. The smallest absolute Gasteiger partial charge is 0.306 e. The first-order chi connectivity index (χ1) is 29.6. The van der Waals surface area contributed by atoms with Crippen LogP contribution in [-0.2, 0) is 27.9 Å². The number of allylic oxidation sites excluding steroid dienone is 10. The van der Waals surface area contributed by atoms with E-state index in [0.717, 1.165) is 70.6 Å². The Morgan fingerprint density at radius 3 is 1.44 bits per heavy atom. The molecule has 0 heterocycles. The van der Waals surface area contributed by atoms with E-state index in [1.807, 2.05) is 21.1 Å². The first-order valence-corrected chi connectivity index (χ1v) is 26.5. The fourth-order valence-electron chi connectivity index (χ4n) is 6.71. The zero-order chi connectivity index (χ0) is 44.8. The lowest BCUT2D eigenvalue weighted by Gasteiger charge is -2.28. The molecule has 9 heteroatoms. The van der Waals surface area contributed by atoms with Crippen molar-refractivity contribution >= 4 is 13.8 Å². The normalized spacial score (nSPS) is 14.1. The molecule has 0 aliphatic rings. The predicted molar refractivity (Wildman–Crippen MR) is 259 cm³/mol. The highest BCUT2D eigenvalue weighted by Gasteiger charge is 2.20. The Kier molecular flexibility index (Phi) is 43.5. The summed E-state index contributed by atoms with van der Waals surface area (Å²) in [6, 6.07) is 0. The number of phosphoric acid groups is 1.